The van der Waals surface area contributed by atoms with Gasteiger partial charge < -0.3 is 0 Å². The number of benzene rings is 1. The Morgan fingerprint density at radius 3 is 2.32 bits per heavy atom. The molecule has 1 N–H and O–H groups in total. The quantitative estimate of drug-likeness (QED) is 0.342. The van der Waals surface area contributed by atoms with Gasteiger partial charge in [0.15, 0.2) is 0 Å². The van der Waals surface area contributed by atoms with Crippen LogP contribution in [0.25, 0.3) is 0 Å². The predicted molar refractivity (Wildman–Crippen MR) is 88.4 cm³/mol. The summed E-state index contributed by atoms with van der Waals surface area (Å²) in [6.45, 7) is 0. The lowest BCUT2D eigenvalue weighted by atomic mass is 10.2. The molecule has 0 aliphatic rings. The van der Waals surface area contributed by atoms with E-state index in [-0.39, 0.29) is 10.3 Å². The molecule has 2 rings (SSSR count). The lowest BCUT2D eigenvalue weighted by Crippen LogP contribution is -2.11. The number of amides is 1. The van der Waals surface area contributed by atoms with Crippen molar-refractivity contribution in [2.24, 2.45) is 5.16 Å². The van der Waals surface area contributed by atoms with Crippen molar-refractivity contribution in [3.05, 3.63) is 56.2 Å². The van der Waals surface area contributed by atoms with Crippen LogP contribution in [-0.4, -0.2) is 17.3 Å². The van der Waals surface area contributed by atoms with Gasteiger partial charge in [0.05, 0.1) is 21.9 Å². The van der Waals surface area contributed by atoms with Gasteiger partial charge in [0.2, 0.25) is 0 Å². The number of pyridine rings is 1. The van der Waals surface area contributed by atoms with Crippen molar-refractivity contribution in [1.82, 2.24) is 4.98 Å². The summed E-state index contributed by atoms with van der Waals surface area (Å²) in [5, 5.41) is 6.94. The number of aromatic nitrogens is 1. The van der Waals surface area contributed by atoms with Crippen molar-refractivity contribution in [2.75, 3.05) is 5.32 Å². The molecule has 0 spiro atoms. The summed E-state index contributed by atoms with van der Waals surface area (Å²) in [6, 6.07) is 7.77. The summed E-state index contributed by atoms with van der Waals surface area (Å²) in [6.07, 6.45) is 0.397. The van der Waals surface area contributed by atoms with Crippen LogP contribution >= 0.6 is 46.4 Å². The van der Waals surface area contributed by atoms with Crippen LogP contribution in [0.4, 0.5) is 10.5 Å². The molecule has 114 valence electrons. The Bertz CT molecular complexity index is 697. The maximum absolute atomic E-state index is 11.6. The van der Waals surface area contributed by atoms with Crippen molar-refractivity contribution in [1.29, 1.82) is 0 Å². The SMILES string of the molecule is O=C(Nc1cc(Cl)nc(Cl)c1)O/N=C\c1c(Cl)cccc1Cl. The Balaban J connectivity index is 1.99. The highest BCUT2D eigenvalue weighted by Crippen LogP contribution is 2.22. The number of hydrogen-bond acceptors (Lipinski definition) is 4. The molecular formula is C13H7Cl4N3O2. The molecule has 1 heterocycles. The fourth-order valence-electron chi connectivity index (χ4n) is 1.44. The minimum atomic E-state index is -0.835. The van der Waals surface area contributed by atoms with E-state index in [1.165, 1.54) is 18.3 Å². The van der Waals surface area contributed by atoms with E-state index in [2.05, 4.69) is 20.3 Å². The molecule has 5 nitrogen and oxygen atoms in total. The highest BCUT2D eigenvalue weighted by atomic mass is 35.5. The highest BCUT2D eigenvalue weighted by Gasteiger charge is 2.06. The third-order valence-corrected chi connectivity index (χ3v) is 3.37. The molecule has 0 bridgehead atoms. The van der Waals surface area contributed by atoms with Crippen LogP contribution in [0.2, 0.25) is 20.4 Å². The number of rotatable bonds is 3. The third-order valence-electron chi connectivity index (χ3n) is 2.33. The van der Waals surface area contributed by atoms with Gasteiger partial charge in [-0.3, -0.25) is 10.2 Å². The van der Waals surface area contributed by atoms with Gasteiger partial charge in [0.25, 0.3) is 0 Å². The smallest absolute Gasteiger partial charge is 0.298 e. The fraction of sp³-hybridized carbons (Fsp3) is 0. The zero-order valence-corrected chi connectivity index (χ0v) is 13.7. The Morgan fingerprint density at radius 2 is 1.73 bits per heavy atom. The van der Waals surface area contributed by atoms with E-state index >= 15 is 0 Å². The highest BCUT2D eigenvalue weighted by molar-refractivity contribution is 6.38. The van der Waals surface area contributed by atoms with Crippen LogP contribution in [0.5, 0.6) is 0 Å². The molecule has 1 aromatic carbocycles. The number of carbonyl (C=O) groups excluding carboxylic acids is 1. The van der Waals surface area contributed by atoms with Crippen LogP contribution in [0.15, 0.2) is 35.5 Å². The van der Waals surface area contributed by atoms with Crippen LogP contribution in [0.1, 0.15) is 5.56 Å². The third kappa shape index (κ3) is 4.74. The predicted octanol–water partition coefficient (Wildman–Crippen LogP) is 5.28. The Kier molecular flexibility index (Phi) is 5.85. The molecule has 1 amide bonds. The van der Waals surface area contributed by atoms with E-state index < -0.39 is 6.09 Å². The first-order valence-corrected chi connectivity index (χ1v) is 7.25. The number of nitrogens with zero attached hydrogens (tertiary/aromatic N) is 2. The topological polar surface area (TPSA) is 63.6 Å². The van der Waals surface area contributed by atoms with E-state index in [0.29, 0.717) is 21.3 Å². The second kappa shape index (κ2) is 7.65. The largest absolute Gasteiger partial charge is 0.437 e. The molecule has 0 radical (unpaired) electrons. The molecule has 1 aromatic heterocycles. The average molecular weight is 379 g/mol. The summed E-state index contributed by atoms with van der Waals surface area (Å²) in [5.74, 6) is 0. The van der Waals surface area contributed by atoms with Gasteiger partial charge >= 0.3 is 6.09 Å². The van der Waals surface area contributed by atoms with E-state index in [4.69, 9.17) is 46.4 Å². The lowest BCUT2D eigenvalue weighted by Gasteiger charge is -2.04. The molecule has 2 aromatic rings. The van der Waals surface area contributed by atoms with E-state index in [1.54, 1.807) is 18.2 Å². The fourth-order valence-corrected chi connectivity index (χ4v) is 2.39. The monoisotopic (exact) mass is 377 g/mol. The summed E-state index contributed by atoms with van der Waals surface area (Å²) < 4.78 is 0. The van der Waals surface area contributed by atoms with E-state index in [0.717, 1.165) is 0 Å². The number of hydrogen-bond donors (Lipinski definition) is 1. The summed E-state index contributed by atoms with van der Waals surface area (Å²) in [7, 11) is 0. The molecule has 0 saturated carbocycles. The molecule has 0 unspecified atom stereocenters. The maximum Gasteiger partial charge on any atom is 0.437 e. The molecule has 0 saturated heterocycles. The number of carbonyl (C=O) groups is 1. The maximum atomic E-state index is 11.6. The lowest BCUT2D eigenvalue weighted by molar-refractivity contribution is 0.167. The Hall–Kier alpha value is -1.53. The Labute approximate surface area is 145 Å². The van der Waals surface area contributed by atoms with Crippen molar-refractivity contribution >= 4 is 64.4 Å². The van der Waals surface area contributed by atoms with Crippen LogP contribution < -0.4 is 5.32 Å². The zero-order chi connectivity index (χ0) is 16.1. The van der Waals surface area contributed by atoms with Crippen LogP contribution in [-0.2, 0) is 4.84 Å². The molecule has 9 heteroatoms. The Morgan fingerprint density at radius 1 is 1.14 bits per heavy atom. The first-order valence-electron chi connectivity index (χ1n) is 5.74. The van der Waals surface area contributed by atoms with Gasteiger partial charge in [0.1, 0.15) is 10.3 Å². The standard InChI is InChI=1S/C13H7Cl4N3O2/c14-9-2-1-3-10(15)8(9)6-18-22-13(21)19-7-4-11(16)20-12(17)5-7/h1-6H,(H,19,20,21)/b18-6-. The zero-order valence-electron chi connectivity index (χ0n) is 10.7. The number of anilines is 1. The molecule has 0 aliphatic heterocycles. The van der Waals surface area contributed by atoms with Gasteiger partial charge in [-0.25, -0.2) is 9.78 Å². The van der Waals surface area contributed by atoms with Gasteiger partial charge in [-0.05, 0) is 24.3 Å². The first-order chi connectivity index (χ1) is 10.5. The summed E-state index contributed by atoms with van der Waals surface area (Å²) in [5.41, 5.74) is 0.759. The number of nitrogens with one attached hydrogen (secondary N) is 1. The number of halogens is 4. The first kappa shape index (κ1) is 16.8. The van der Waals surface area contributed by atoms with Crippen molar-refractivity contribution in [2.45, 2.75) is 0 Å². The van der Waals surface area contributed by atoms with Gasteiger partial charge in [-0.1, -0.05) is 57.6 Å². The molecule has 22 heavy (non-hydrogen) atoms. The van der Waals surface area contributed by atoms with Crippen molar-refractivity contribution in [3.8, 4) is 0 Å². The second-order valence-electron chi connectivity index (χ2n) is 3.87. The van der Waals surface area contributed by atoms with Crippen molar-refractivity contribution in [3.63, 3.8) is 0 Å². The second-order valence-corrected chi connectivity index (χ2v) is 5.46. The average Bonchev–Trinajstić information content (AvgIpc) is 2.41. The molecule has 0 aliphatic carbocycles. The summed E-state index contributed by atoms with van der Waals surface area (Å²) in [4.78, 5) is 20.0. The van der Waals surface area contributed by atoms with Gasteiger partial charge in [-0.15, -0.1) is 0 Å². The minimum absolute atomic E-state index is 0.133. The van der Waals surface area contributed by atoms with Crippen molar-refractivity contribution < 1.29 is 9.63 Å². The molecular weight excluding hydrogens is 372 g/mol. The minimum Gasteiger partial charge on any atom is -0.298 e. The van der Waals surface area contributed by atoms with Crippen LogP contribution in [0.3, 0.4) is 0 Å². The number of oxime groups is 1. The van der Waals surface area contributed by atoms with E-state index in [9.17, 15) is 4.79 Å². The molecule has 0 fully saturated rings. The summed E-state index contributed by atoms with van der Waals surface area (Å²) >= 11 is 23.3. The normalized spacial score (nSPS) is 10.7. The van der Waals surface area contributed by atoms with Gasteiger partial charge in [0, 0.05) is 5.56 Å². The van der Waals surface area contributed by atoms with E-state index in [1.807, 2.05) is 0 Å². The van der Waals surface area contributed by atoms with Gasteiger partial charge in [-0.2, -0.15) is 0 Å². The van der Waals surface area contributed by atoms with Crippen LogP contribution in [0, 0.1) is 0 Å². The molecule has 0 atom stereocenters.